The number of rotatable bonds is 2. The quantitative estimate of drug-likeness (QED) is 0.721. The Hall–Kier alpha value is -3.98. The first kappa shape index (κ1) is 17.4. The largest absolute Gasteiger partial charge is 0.506 e. The summed E-state index contributed by atoms with van der Waals surface area (Å²) >= 11 is 0. The highest BCUT2D eigenvalue weighted by molar-refractivity contribution is 5.90. The minimum atomic E-state index is -0.481. The zero-order valence-electron chi connectivity index (χ0n) is 15.1. The monoisotopic (exact) mass is 371 g/mol. The van der Waals surface area contributed by atoms with Crippen LogP contribution in [0.4, 0.5) is 0 Å². The van der Waals surface area contributed by atoms with Gasteiger partial charge in [0, 0.05) is 18.4 Å². The molecule has 1 aliphatic heterocycles. The van der Waals surface area contributed by atoms with Crippen molar-refractivity contribution in [3.63, 3.8) is 0 Å². The van der Waals surface area contributed by atoms with Gasteiger partial charge in [-0.1, -0.05) is 42.5 Å². The lowest BCUT2D eigenvalue weighted by Gasteiger charge is -2.23. The standard InChI is InChI=1S/C22H17N3O3/c1-25-17-10-6-5-9-14(17)20(26)19(22(25)27)18-11-15(13-7-3-2-4-8-13)16(12-23)21(24)28-18/h2-11,15,26H,24H2,1H3. The maximum atomic E-state index is 13.0. The number of benzene rings is 2. The zero-order chi connectivity index (χ0) is 19.8. The number of nitrogens with zero attached hydrogens (tertiary/aromatic N) is 2. The predicted octanol–water partition coefficient (Wildman–Crippen LogP) is 3.09. The molecule has 4 rings (SSSR count). The van der Waals surface area contributed by atoms with Crippen LogP contribution in [-0.2, 0) is 11.8 Å². The summed E-state index contributed by atoms with van der Waals surface area (Å²) in [6.45, 7) is 0. The van der Waals surface area contributed by atoms with E-state index in [1.807, 2.05) is 30.3 Å². The van der Waals surface area contributed by atoms with Gasteiger partial charge in [-0.15, -0.1) is 0 Å². The highest BCUT2D eigenvalue weighted by Crippen LogP contribution is 2.39. The summed E-state index contributed by atoms with van der Waals surface area (Å²) in [6, 6.07) is 18.5. The van der Waals surface area contributed by atoms with Crippen molar-refractivity contribution >= 4 is 16.7 Å². The maximum Gasteiger partial charge on any atom is 0.265 e. The van der Waals surface area contributed by atoms with Crippen LogP contribution in [0.15, 0.2) is 76.9 Å². The number of fused-ring (bicyclic) bond motifs is 1. The Bertz CT molecular complexity index is 1250. The Kier molecular flexibility index (Phi) is 4.13. The van der Waals surface area contributed by atoms with Gasteiger partial charge < -0.3 is 20.1 Å². The molecule has 0 bridgehead atoms. The topological polar surface area (TPSA) is 101 Å². The van der Waals surface area contributed by atoms with Gasteiger partial charge in [-0.3, -0.25) is 4.79 Å². The minimum absolute atomic E-state index is 0.0158. The molecule has 0 spiro atoms. The molecule has 3 N–H and O–H groups in total. The van der Waals surface area contributed by atoms with Crippen molar-refractivity contribution in [2.75, 3.05) is 0 Å². The van der Waals surface area contributed by atoms with Crippen molar-refractivity contribution in [2.45, 2.75) is 5.92 Å². The van der Waals surface area contributed by atoms with E-state index < -0.39 is 11.5 Å². The predicted molar refractivity (Wildman–Crippen MR) is 106 cm³/mol. The summed E-state index contributed by atoms with van der Waals surface area (Å²) in [4.78, 5) is 13.0. The second kappa shape index (κ2) is 6.63. The average Bonchev–Trinajstić information content (AvgIpc) is 2.72. The molecular formula is C22H17N3O3. The van der Waals surface area contributed by atoms with Gasteiger partial charge in [0.05, 0.1) is 5.52 Å². The number of aromatic hydroxyl groups is 1. The fourth-order valence-corrected chi connectivity index (χ4v) is 3.48. The van der Waals surface area contributed by atoms with Gasteiger partial charge in [0.15, 0.2) is 0 Å². The van der Waals surface area contributed by atoms with Crippen LogP contribution in [0.2, 0.25) is 0 Å². The lowest BCUT2D eigenvalue weighted by molar-refractivity contribution is 0.356. The molecule has 0 saturated heterocycles. The third kappa shape index (κ3) is 2.61. The first-order valence-corrected chi connectivity index (χ1v) is 8.68. The number of ether oxygens (including phenoxy) is 1. The molecule has 1 atom stereocenters. The van der Waals surface area contributed by atoms with E-state index in [1.54, 1.807) is 37.4 Å². The molecule has 0 radical (unpaired) electrons. The highest BCUT2D eigenvalue weighted by atomic mass is 16.5. The molecule has 3 aromatic rings. The van der Waals surface area contributed by atoms with Gasteiger partial charge in [-0.25, -0.2) is 0 Å². The van der Waals surface area contributed by atoms with E-state index in [0.29, 0.717) is 10.9 Å². The van der Waals surface area contributed by atoms with Crippen LogP contribution in [0.25, 0.3) is 16.7 Å². The molecule has 28 heavy (non-hydrogen) atoms. The van der Waals surface area contributed by atoms with Crippen molar-refractivity contribution in [1.29, 1.82) is 5.26 Å². The van der Waals surface area contributed by atoms with E-state index in [9.17, 15) is 15.2 Å². The van der Waals surface area contributed by atoms with Crippen molar-refractivity contribution in [1.82, 2.24) is 4.57 Å². The minimum Gasteiger partial charge on any atom is -0.506 e. The Morgan fingerprint density at radius 2 is 1.82 bits per heavy atom. The summed E-state index contributed by atoms with van der Waals surface area (Å²) in [5, 5.41) is 20.9. The fraction of sp³-hybridized carbons (Fsp3) is 0.0909. The van der Waals surface area contributed by atoms with Gasteiger partial charge >= 0.3 is 0 Å². The number of aromatic nitrogens is 1. The zero-order valence-corrected chi connectivity index (χ0v) is 15.1. The van der Waals surface area contributed by atoms with Crippen molar-refractivity contribution in [2.24, 2.45) is 12.8 Å². The molecule has 2 aromatic carbocycles. The Morgan fingerprint density at radius 1 is 1.14 bits per heavy atom. The van der Waals surface area contributed by atoms with Crippen LogP contribution >= 0.6 is 0 Å². The van der Waals surface area contributed by atoms with Gasteiger partial charge in [0.25, 0.3) is 5.56 Å². The first-order chi connectivity index (χ1) is 13.5. The molecule has 2 heterocycles. The highest BCUT2D eigenvalue weighted by Gasteiger charge is 2.29. The van der Waals surface area contributed by atoms with E-state index >= 15 is 0 Å². The van der Waals surface area contributed by atoms with E-state index in [4.69, 9.17) is 10.5 Å². The van der Waals surface area contributed by atoms with Gasteiger partial charge in [0.1, 0.15) is 28.7 Å². The number of pyridine rings is 1. The Balaban J connectivity index is 1.97. The smallest absolute Gasteiger partial charge is 0.265 e. The third-order valence-corrected chi connectivity index (χ3v) is 4.92. The van der Waals surface area contributed by atoms with E-state index in [2.05, 4.69) is 6.07 Å². The number of aryl methyl sites for hydroxylation is 1. The van der Waals surface area contributed by atoms with Crippen molar-refractivity contribution in [3.05, 3.63) is 93.6 Å². The number of para-hydroxylation sites is 1. The molecule has 0 fully saturated rings. The number of hydrogen-bond donors (Lipinski definition) is 2. The Morgan fingerprint density at radius 3 is 2.54 bits per heavy atom. The van der Waals surface area contributed by atoms with Crippen molar-refractivity contribution in [3.8, 4) is 11.8 Å². The molecule has 138 valence electrons. The van der Waals surface area contributed by atoms with Crippen LogP contribution in [0.1, 0.15) is 17.0 Å². The van der Waals surface area contributed by atoms with Crippen LogP contribution in [0.3, 0.4) is 0 Å². The van der Waals surface area contributed by atoms with E-state index in [-0.39, 0.29) is 28.5 Å². The number of hydrogen-bond acceptors (Lipinski definition) is 5. The average molecular weight is 371 g/mol. The number of allylic oxidation sites excluding steroid dienone is 2. The fourth-order valence-electron chi connectivity index (χ4n) is 3.48. The SMILES string of the molecule is Cn1c(=O)c(C2=CC(c3ccccc3)C(C#N)=C(N)O2)c(O)c2ccccc21. The molecule has 1 aliphatic rings. The third-order valence-electron chi connectivity index (χ3n) is 4.92. The number of nitrogens with two attached hydrogens (primary N) is 1. The summed E-state index contributed by atoms with van der Waals surface area (Å²) in [5.74, 6) is -0.604. The summed E-state index contributed by atoms with van der Waals surface area (Å²) in [5.41, 5.74) is 7.29. The molecule has 1 aromatic heterocycles. The Labute approximate surface area is 161 Å². The maximum absolute atomic E-state index is 13.0. The van der Waals surface area contributed by atoms with Crippen LogP contribution in [-0.4, -0.2) is 9.67 Å². The molecule has 6 nitrogen and oxygen atoms in total. The van der Waals surface area contributed by atoms with Crippen LogP contribution < -0.4 is 11.3 Å². The number of nitriles is 1. The molecule has 1 unspecified atom stereocenters. The van der Waals surface area contributed by atoms with Gasteiger partial charge in [0.2, 0.25) is 5.88 Å². The lowest BCUT2D eigenvalue weighted by Crippen LogP contribution is -2.24. The van der Waals surface area contributed by atoms with Crippen molar-refractivity contribution < 1.29 is 9.84 Å². The first-order valence-electron chi connectivity index (χ1n) is 8.68. The second-order valence-corrected chi connectivity index (χ2v) is 6.52. The van der Waals surface area contributed by atoms with Crippen LogP contribution in [0.5, 0.6) is 5.75 Å². The molecular weight excluding hydrogens is 354 g/mol. The lowest BCUT2D eigenvalue weighted by atomic mass is 9.89. The summed E-state index contributed by atoms with van der Waals surface area (Å²) in [6.07, 6.45) is 1.65. The molecule has 0 aliphatic carbocycles. The van der Waals surface area contributed by atoms with Crippen LogP contribution in [0, 0.1) is 11.3 Å². The molecule has 6 heteroatoms. The second-order valence-electron chi connectivity index (χ2n) is 6.52. The summed E-state index contributed by atoms with van der Waals surface area (Å²) in [7, 11) is 1.63. The molecule has 0 amide bonds. The van der Waals surface area contributed by atoms with Gasteiger partial charge in [-0.05, 0) is 23.8 Å². The summed E-state index contributed by atoms with van der Waals surface area (Å²) < 4.78 is 7.07. The van der Waals surface area contributed by atoms with E-state index in [1.165, 1.54) is 4.57 Å². The van der Waals surface area contributed by atoms with Gasteiger partial charge in [-0.2, -0.15) is 5.26 Å². The normalized spacial score (nSPS) is 16.4. The van der Waals surface area contributed by atoms with E-state index in [0.717, 1.165) is 5.56 Å². The molecule has 0 saturated carbocycles.